The van der Waals surface area contributed by atoms with Crippen molar-refractivity contribution in [2.24, 2.45) is 0 Å². The number of unbranched alkanes of at least 4 members (excludes halogenated alkanes) is 2. The molecular formula is C26H27N5O5. The van der Waals surface area contributed by atoms with Crippen molar-refractivity contribution in [2.75, 3.05) is 31.0 Å². The zero-order chi connectivity index (χ0) is 25.2. The Morgan fingerprint density at radius 3 is 2.61 bits per heavy atom. The molecule has 0 unspecified atom stereocenters. The van der Waals surface area contributed by atoms with E-state index >= 15 is 0 Å². The summed E-state index contributed by atoms with van der Waals surface area (Å²) in [6.45, 7) is 0.442. The van der Waals surface area contributed by atoms with E-state index in [0.717, 1.165) is 6.42 Å². The molecule has 3 heterocycles. The normalized spacial score (nSPS) is 15.9. The predicted molar refractivity (Wildman–Crippen MR) is 132 cm³/mol. The SMILES string of the molecule is COc1ccc2c(c1OC)C(=O)N1c3ccccc3C(=O)N(CCCCCC(=O)Nc3ccn[nH]3)[C@@H]21. The van der Waals surface area contributed by atoms with Crippen molar-refractivity contribution in [1.29, 1.82) is 0 Å². The van der Waals surface area contributed by atoms with E-state index in [1.807, 2.05) is 12.1 Å². The highest BCUT2D eigenvalue weighted by atomic mass is 16.5. The van der Waals surface area contributed by atoms with E-state index in [1.54, 1.807) is 46.3 Å². The van der Waals surface area contributed by atoms with Gasteiger partial charge in [0.15, 0.2) is 11.5 Å². The lowest BCUT2D eigenvalue weighted by molar-refractivity contribution is -0.116. The highest BCUT2D eigenvalue weighted by Gasteiger charge is 2.49. The van der Waals surface area contributed by atoms with Gasteiger partial charge in [-0.25, -0.2) is 0 Å². The van der Waals surface area contributed by atoms with Gasteiger partial charge in [-0.1, -0.05) is 24.6 Å². The largest absolute Gasteiger partial charge is 0.493 e. The molecule has 0 fully saturated rings. The number of carbonyl (C=O) groups excluding carboxylic acids is 3. The van der Waals surface area contributed by atoms with Crippen LogP contribution in [0.4, 0.5) is 11.5 Å². The number of carbonyl (C=O) groups is 3. The Hall–Kier alpha value is -4.34. The first-order chi connectivity index (χ1) is 17.5. The summed E-state index contributed by atoms with van der Waals surface area (Å²) >= 11 is 0. The molecule has 3 amide bonds. The number of nitrogens with zero attached hydrogens (tertiary/aromatic N) is 3. The number of aromatic amines is 1. The number of para-hydroxylation sites is 1. The number of anilines is 2. The number of amides is 3. The van der Waals surface area contributed by atoms with E-state index < -0.39 is 6.17 Å². The lowest BCUT2D eigenvalue weighted by Gasteiger charge is -2.41. The molecular weight excluding hydrogens is 462 g/mol. The minimum Gasteiger partial charge on any atom is -0.493 e. The molecule has 2 aliphatic heterocycles. The van der Waals surface area contributed by atoms with Crippen LogP contribution in [0.15, 0.2) is 48.7 Å². The smallest absolute Gasteiger partial charge is 0.264 e. The lowest BCUT2D eigenvalue weighted by atomic mass is 10.0. The summed E-state index contributed by atoms with van der Waals surface area (Å²) in [5.74, 6) is 0.941. The number of rotatable bonds is 9. The van der Waals surface area contributed by atoms with Gasteiger partial charge in [0.05, 0.1) is 37.2 Å². The van der Waals surface area contributed by atoms with Crippen LogP contribution in [0.1, 0.15) is 58.1 Å². The van der Waals surface area contributed by atoms with Gasteiger partial charge in [-0.3, -0.25) is 24.4 Å². The van der Waals surface area contributed by atoms with Crippen LogP contribution in [-0.2, 0) is 4.79 Å². The summed E-state index contributed by atoms with van der Waals surface area (Å²) in [4.78, 5) is 42.8. The minimum atomic E-state index is -0.571. The molecule has 0 saturated carbocycles. The van der Waals surface area contributed by atoms with Crippen molar-refractivity contribution in [3.63, 3.8) is 0 Å². The number of hydrogen-bond acceptors (Lipinski definition) is 6. The highest BCUT2D eigenvalue weighted by molar-refractivity contribution is 6.18. The van der Waals surface area contributed by atoms with Crippen LogP contribution >= 0.6 is 0 Å². The molecule has 3 aromatic rings. The zero-order valence-electron chi connectivity index (χ0n) is 20.1. The number of nitrogens with one attached hydrogen (secondary N) is 2. The number of ether oxygens (including phenoxy) is 2. The van der Waals surface area contributed by atoms with E-state index in [-0.39, 0.29) is 17.7 Å². The number of benzene rings is 2. The van der Waals surface area contributed by atoms with Gasteiger partial charge in [-0.15, -0.1) is 0 Å². The van der Waals surface area contributed by atoms with Gasteiger partial charge in [-0.05, 0) is 31.0 Å². The van der Waals surface area contributed by atoms with Crippen LogP contribution in [0.5, 0.6) is 11.5 Å². The first-order valence-electron chi connectivity index (χ1n) is 11.8. The fraction of sp³-hybridized carbons (Fsp3) is 0.308. The molecule has 0 saturated heterocycles. The number of hydrogen-bond donors (Lipinski definition) is 2. The molecule has 1 aromatic heterocycles. The third-order valence-corrected chi connectivity index (χ3v) is 6.56. The van der Waals surface area contributed by atoms with Gasteiger partial charge in [0, 0.05) is 24.6 Å². The van der Waals surface area contributed by atoms with E-state index in [0.29, 0.717) is 65.5 Å². The molecule has 0 bridgehead atoms. The number of aromatic nitrogens is 2. The van der Waals surface area contributed by atoms with Crippen molar-refractivity contribution in [3.05, 3.63) is 65.4 Å². The van der Waals surface area contributed by atoms with Gasteiger partial charge in [-0.2, -0.15) is 5.10 Å². The average Bonchev–Trinajstić information content (AvgIpc) is 3.51. The van der Waals surface area contributed by atoms with Crippen LogP contribution in [0.25, 0.3) is 0 Å². The lowest BCUT2D eigenvalue weighted by Crippen LogP contribution is -2.48. The summed E-state index contributed by atoms with van der Waals surface area (Å²) in [6, 6.07) is 12.4. The Labute approximate surface area is 208 Å². The summed E-state index contributed by atoms with van der Waals surface area (Å²) in [6.07, 6.45) is 3.48. The van der Waals surface area contributed by atoms with E-state index in [9.17, 15) is 14.4 Å². The molecule has 36 heavy (non-hydrogen) atoms. The van der Waals surface area contributed by atoms with Crippen LogP contribution in [0.3, 0.4) is 0 Å². The Bertz CT molecular complexity index is 1310. The van der Waals surface area contributed by atoms with E-state index in [4.69, 9.17) is 9.47 Å². The molecule has 2 aliphatic rings. The average molecular weight is 490 g/mol. The van der Waals surface area contributed by atoms with Crippen molar-refractivity contribution >= 4 is 29.2 Å². The van der Waals surface area contributed by atoms with Crippen molar-refractivity contribution < 1.29 is 23.9 Å². The molecule has 2 N–H and O–H groups in total. The van der Waals surface area contributed by atoms with E-state index in [1.165, 1.54) is 14.2 Å². The first-order valence-corrected chi connectivity index (χ1v) is 11.8. The van der Waals surface area contributed by atoms with Gasteiger partial charge < -0.3 is 19.7 Å². The predicted octanol–water partition coefficient (Wildman–Crippen LogP) is 3.74. The minimum absolute atomic E-state index is 0.0928. The first kappa shape index (κ1) is 23.4. The molecule has 186 valence electrons. The Morgan fingerprint density at radius 2 is 1.86 bits per heavy atom. The molecule has 0 radical (unpaired) electrons. The Balaban J connectivity index is 1.35. The van der Waals surface area contributed by atoms with Gasteiger partial charge in [0.2, 0.25) is 5.91 Å². The molecule has 10 nitrogen and oxygen atoms in total. The molecule has 0 spiro atoms. The molecule has 10 heteroatoms. The van der Waals surface area contributed by atoms with Crippen LogP contribution in [-0.4, -0.2) is 53.6 Å². The standard InChI is InChI=1S/C26H27N5O5/c1-35-19-12-11-17-22(23(19)36-2)26(34)31-18-9-6-5-8-16(18)25(33)30(24(17)31)15-7-3-4-10-21(32)28-20-13-14-27-29-20/h5-6,8-9,11-14,24H,3-4,7,10,15H2,1-2H3,(H2,27,28,29,32)/t24-/m1/s1. The molecule has 1 atom stereocenters. The zero-order valence-corrected chi connectivity index (χ0v) is 20.1. The third-order valence-electron chi connectivity index (χ3n) is 6.56. The third kappa shape index (κ3) is 3.94. The second kappa shape index (κ2) is 9.73. The summed E-state index contributed by atoms with van der Waals surface area (Å²) in [5, 5.41) is 9.27. The van der Waals surface area contributed by atoms with Crippen LogP contribution in [0.2, 0.25) is 0 Å². The maximum absolute atomic E-state index is 13.7. The van der Waals surface area contributed by atoms with Crippen molar-refractivity contribution in [3.8, 4) is 11.5 Å². The highest BCUT2D eigenvalue weighted by Crippen LogP contribution is 2.49. The van der Waals surface area contributed by atoms with Gasteiger partial charge in [0.25, 0.3) is 11.8 Å². The second-order valence-electron chi connectivity index (χ2n) is 8.66. The van der Waals surface area contributed by atoms with Crippen molar-refractivity contribution in [2.45, 2.75) is 31.8 Å². The quantitative estimate of drug-likeness (QED) is 0.442. The maximum atomic E-state index is 13.7. The fourth-order valence-corrected chi connectivity index (χ4v) is 4.93. The topological polar surface area (TPSA) is 117 Å². The molecule has 0 aliphatic carbocycles. The summed E-state index contributed by atoms with van der Waals surface area (Å²) in [7, 11) is 3.03. The van der Waals surface area contributed by atoms with Gasteiger partial charge in [0.1, 0.15) is 12.0 Å². The number of methoxy groups -OCH3 is 2. The Morgan fingerprint density at radius 1 is 1.03 bits per heavy atom. The van der Waals surface area contributed by atoms with E-state index in [2.05, 4.69) is 15.5 Å². The fourth-order valence-electron chi connectivity index (χ4n) is 4.93. The number of H-pyrrole nitrogens is 1. The molecule has 2 aromatic carbocycles. The van der Waals surface area contributed by atoms with Crippen LogP contribution < -0.4 is 19.7 Å². The summed E-state index contributed by atoms with van der Waals surface area (Å²) < 4.78 is 11.0. The summed E-state index contributed by atoms with van der Waals surface area (Å²) in [5.41, 5.74) is 2.19. The van der Waals surface area contributed by atoms with Crippen molar-refractivity contribution in [1.82, 2.24) is 15.1 Å². The number of fused-ring (bicyclic) bond motifs is 5. The molecule has 5 rings (SSSR count). The second-order valence-corrected chi connectivity index (χ2v) is 8.66. The maximum Gasteiger partial charge on any atom is 0.264 e. The van der Waals surface area contributed by atoms with Crippen LogP contribution in [0, 0.1) is 0 Å². The monoisotopic (exact) mass is 489 g/mol. The Kier molecular flexibility index (Phi) is 6.32. The van der Waals surface area contributed by atoms with Gasteiger partial charge >= 0.3 is 0 Å².